The van der Waals surface area contributed by atoms with Crippen molar-refractivity contribution in [2.75, 3.05) is 39.8 Å². The van der Waals surface area contributed by atoms with Crippen LogP contribution >= 0.6 is 0 Å². The Balaban J connectivity index is 1.46. The van der Waals surface area contributed by atoms with Crippen LogP contribution in [-0.4, -0.2) is 83.4 Å². The Hall–Kier alpha value is -4.06. The van der Waals surface area contributed by atoms with E-state index in [1.165, 1.54) is 6.07 Å². The lowest BCUT2D eigenvalue weighted by Crippen LogP contribution is -2.48. The van der Waals surface area contributed by atoms with Crippen molar-refractivity contribution in [2.24, 2.45) is 10.1 Å². The number of likely N-dealkylation sites (N-methyl/N-ethyl adjacent to an activating group) is 1. The normalized spacial score (nSPS) is 17.4. The van der Waals surface area contributed by atoms with Crippen LogP contribution in [0.3, 0.4) is 0 Å². The summed E-state index contributed by atoms with van der Waals surface area (Å²) in [4.78, 5) is 29.1. The largest absolute Gasteiger partial charge is 0.573 e. The molecule has 2 aliphatic rings. The lowest BCUT2D eigenvalue weighted by Gasteiger charge is -2.32. The molecule has 0 unspecified atom stereocenters. The number of fused-ring (bicyclic) bond motifs is 2. The maximum absolute atomic E-state index is 12.8. The summed E-state index contributed by atoms with van der Waals surface area (Å²) in [7, 11) is 1.99. The summed E-state index contributed by atoms with van der Waals surface area (Å²) in [5.41, 5.74) is 2.08. The van der Waals surface area contributed by atoms with Crippen molar-refractivity contribution >= 4 is 33.9 Å². The molecule has 0 bridgehead atoms. The molecule has 1 fully saturated rings. The minimum atomic E-state index is -4.87. The maximum atomic E-state index is 12.8. The number of nitrogens with one attached hydrogen (secondary N) is 1. The number of rotatable bonds is 5. The van der Waals surface area contributed by atoms with Gasteiger partial charge >= 0.3 is 6.36 Å². The number of carbonyl (C=O) groups excluding carboxylic acids is 1. The Morgan fingerprint density at radius 3 is 2.67 bits per heavy atom. The van der Waals surface area contributed by atoms with Crippen molar-refractivity contribution in [1.82, 2.24) is 14.8 Å². The maximum Gasteiger partial charge on any atom is 0.573 e. The molecule has 3 aromatic rings. The number of alkyl halides is 3. The first-order valence-electron chi connectivity index (χ1n) is 11.1. The van der Waals surface area contributed by atoms with Gasteiger partial charge in [0.05, 0.1) is 11.3 Å². The second-order valence-electron chi connectivity index (χ2n) is 8.48. The highest BCUT2D eigenvalue weighted by atomic mass is 19.4. The second-order valence-corrected chi connectivity index (χ2v) is 8.48. The number of aliphatic imine (C=N–C) groups is 1. The molecule has 0 saturated carbocycles. The molecule has 1 saturated heterocycles. The number of aromatic amines is 1. The number of ether oxygens (including phenoxy) is 1. The Morgan fingerprint density at radius 1 is 1.17 bits per heavy atom. The molecule has 5 rings (SSSR count). The van der Waals surface area contributed by atoms with Crippen molar-refractivity contribution in [3.63, 3.8) is 0 Å². The van der Waals surface area contributed by atoms with Crippen LogP contribution in [-0.2, 0) is 9.63 Å². The van der Waals surface area contributed by atoms with Gasteiger partial charge in [0.25, 0.3) is 5.91 Å². The summed E-state index contributed by atoms with van der Waals surface area (Å²) >= 11 is 0. The van der Waals surface area contributed by atoms with Gasteiger partial charge in [-0.3, -0.25) is 4.79 Å². The van der Waals surface area contributed by atoms with E-state index in [1.807, 2.05) is 7.05 Å². The fourth-order valence-corrected chi connectivity index (χ4v) is 4.23. The zero-order valence-electron chi connectivity index (χ0n) is 19.2. The second kappa shape index (κ2) is 9.19. The molecule has 2 aromatic carbocycles. The van der Waals surface area contributed by atoms with E-state index >= 15 is 0 Å². The fraction of sp³-hybridized carbons (Fsp3) is 0.292. The third-order valence-electron chi connectivity index (χ3n) is 6.04. The summed E-state index contributed by atoms with van der Waals surface area (Å²) in [6.07, 6.45) is -4.87. The number of H-pyrrole nitrogens is 1. The zero-order chi connectivity index (χ0) is 25.4. The van der Waals surface area contributed by atoms with Crippen LogP contribution in [0.25, 0.3) is 10.9 Å². The Labute approximate surface area is 203 Å². The van der Waals surface area contributed by atoms with Crippen LogP contribution < -0.4 is 4.74 Å². The zero-order valence-corrected chi connectivity index (χ0v) is 19.2. The van der Waals surface area contributed by atoms with Crippen LogP contribution in [0.5, 0.6) is 11.6 Å². The SMILES string of the molecule is CN1CCN(C(=O)CON=C2C(c3c(O)[nH]c4ccc(OC(F)(F)F)cc34)=Nc3ccccc32)CC1. The summed E-state index contributed by atoms with van der Waals surface area (Å²) < 4.78 is 42.4. The highest BCUT2D eigenvalue weighted by molar-refractivity contribution is 6.58. The average molecular weight is 501 g/mol. The van der Waals surface area contributed by atoms with Gasteiger partial charge in [-0.25, -0.2) is 4.99 Å². The predicted octanol–water partition coefficient (Wildman–Crippen LogP) is 3.40. The van der Waals surface area contributed by atoms with E-state index in [9.17, 15) is 23.1 Å². The molecule has 0 radical (unpaired) electrons. The number of aromatic hydroxyl groups is 1. The summed E-state index contributed by atoms with van der Waals surface area (Å²) in [6.45, 7) is 2.44. The molecule has 1 amide bonds. The third-order valence-corrected chi connectivity index (χ3v) is 6.04. The first-order valence-corrected chi connectivity index (χ1v) is 11.1. The Morgan fingerprint density at radius 2 is 1.92 bits per heavy atom. The minimum absolute atomic E-state index is 0.140. The Bertz CT molecular complexity index is 1370. The fourth-order valence-electron chi connectivity index (χ4n) is 4.23. The number of para-hydroxylation sites is 1. The molecular weight excluding hydrogens is 479 g/mol. The van der Waals surface area contributed by atoms with Gasteiger partial charge in [0, 0.05) is 42.6 Å². The van der Waals surface area contributed by atoms with E-state index in [-0.39, 0.29) is 40.8 Å². The molecule has 0 spiro atoms. The van der Waals surface area contributed by atoms with Gasteiger partial charge in [-0.15, -0.1) is 13.2 Å². The number of hydrogen-bond donors (Lipinski definition) is 2. The number of nitrogens with zero attached hydrogens (tertiary/aromatic N) is 4. The van der Waals surface area contributed by atoms with E-state index in [4.69, 9.17) is 4.84 Å². The number of piperazine rings is 1. The summed E-state index contributed by atoms with van der Waals surface area (Å²) in [5, 5.41) is 15.1. The van der Waals surface area contributed by atoms with Gasteiger partial charge in [-0.2, -0.15) is 0 Å². The molecule has 36 heavy (non-hydrogen) atoms. The molecule has 9 nitrogen and oxygen atoms in total. The number of hydrogen-bond acceptors (Lipinski definition) is 7. The van der Waals surface area contributed by atoms with Crippen LogP contribution in [0.2, 0.25) is 0 Å². The van der Waals surface area contributed by atoms with E-state index in [0.29, 0.717) is 29.9 Å². The topological polar surface area (TPSA) is 103 Å². The third kappa shape index (κ3) is 4.71. The summed E-state index contributed by atoms with van der Waals surface area (Å²) in [5.74, 6) is -0.957. The lowest BCUT2D eigenvalue weighted by atomic mass is 10.0. The number of halogens is 3. The predicted molar refractivity (Wildman–Crippen MR) is 126 cm³/mol. The highest BCUT2D eigenvalue weighted by Gasteiger charge is 2.33. The van der Waals surface area contributed by atoms with E-state index < -0.39 is 12.1 Å². The number of amides is 1. The standard InChI is InChI=1S/C24H22F3N5O4/c1-31-8-10-32(11-9-31)19(33)13-35-30-21-15-4-2-3-5-17(15)28-22(21)20-16-12-14(36-24(25,26)27)6-7-18(16)29-23(20)34/h2-7,12,29,34H,8-11,13H2,1H3. The van der Waals surface area contributed by atoms with E-state index in [1.54, 1.807) is 29.2 Å². The molecule has 12 heteroatoms. The Kier molecular flexibility index (Phi) is 6.04. The molecule has 3 heterocycles. The van der Waals surface area contributed by atoms with Gasteiger partial charge in [-0.1, -0.05) is 23.4 Å². The molecule has 0 aliphatic carbocycles. The van der Waals surface area contributed by atoms with Gasteiger partial charge in [0.1, 0.15) is 17.2 Å². The van der Waals surface area contributed by atoms with Crippen LogP contribution in [0.1, 0.15) is 11.1 Å². The molecule has 0 atom stereocenters. The number of aromatic nitrogens is 1. The van der Waals surface area contributed by atoms with Gasteiger partial charge in [-0.05, 0) is 31.3 Å². The number of carbonyl (C=O) groups is 1. The van der Waals surface area contributed by atoms with Crippen molar-refractivity contribution in [2.45, 2.75) is 6.36 Å². The molecule has 2 N–H and O–H groups in total. The smallest absolute Gasteiger partial charge is 0.494 e. The molecule has 1 aromatic heterocycles. The van der Waals surface area contributed by atoms with Crippen LogP contribution in [0, 0.1) is 0 Å². The van der Waals surface area contributed by atoms with Crippen molar-refractivity contribution < 1.29 is 32.6 Å². The minimum Gasteiger partial charge on any atom is -0.494 e. The van der Waals surface area contributed by atoms with Crippen molar-refractivity contribution in [3.8, 4) is 11.6 Å². The van der Waals surface area contributed by atoms with E-state index in [2.05, 4.69) is 24.8 Å². The first kappa shape index (κ1) is 23.7. The van der Waals surface area contributed by atoms with Crippen molar-refractivity contribution in [1.29, 1.82) is 0 Å². The lowest BCUT2D eigenvalue weighted by molar-refractivity contribution is -0.274. The number of oxime groups is 1. The summed E-state index contributed by atoms with van der Waals surface area (Å²) in [6, 6.07) is 10.7. The molecule has 188 valence electrons. The van der Waals surface area contributed by atoms with E-state index in [0.717, 1.165) is 25.2 Å². The van der Waals surface area contributed by atoms with Gasteiger partial charge in [0.2, 0.25) is 0 Å². The van der Waals surface area contributed by atoms with Crippen molar-refractivity contribution in [3.05, 3.63) is 53.6 Å². The molecular formula is C24H22F3N5O4. The quantitative estimate of drug-likeness (QED) is 0.522. The van der Waals surface area contributed by atoms with Gasteiger partial charge in [0.15, 0.2) is 12.5 Å². The number of benzene rings is 2. The monoisotopic (exact) mass is 501 g/mol. The molecule has 2 aliphatic heterocycles. The first-order chi connectivity index (χ1) is 17.2. The van der Waals surface area contributed by atoms with Gasteiger partial charge < -0.3 is 29.5 Å². The average Bonchev–Trinajstić information content (AvgIpc) is 3.34. The highest BCUT2D eigenvalue weighted by Crippen LogP contribution is 2.37. The van der Waals surface area contributed by atoms with Crippen LogP contribution in [0.4, 0.5) is 18.9 Å². The van der Waals surface area contributed by atoms with Crippen LogP contribution in [0.15, 0.2) is 52.6 Å².